The number of hydrogen-bond donors (Lipinski definition) is 1. The minimum atomic E-state index is -3.43. The minimum absolute atomic E-state index is 0.0814. The molecule has 1 saturated heterocycles. The van der Waals surface area contributed by atoms with Crippen LogP contribution in [0.1, 0.15) is 54.1 Å². The Morgan fingerprint density at radius 3 is 2.70 bits per heavy atom. The van der Waals surface area contributed by atoms with Gasteiger partial charge in [-0.25, -0.2) is 13.2 Å². The fourth-order valence-electron chi connectivity index (χ4n) is 3.85. The number of nitrogens with zero attached hydrogens (tertiary/aromatic N) is 2. The molecule has 2 aliphatic rings. The summed E-state index contributed by atoms with van der Waals surface area (Å²) in [6, 6.07) is 4.37. The molecule has 1 unspecified atom stereocenters. The molecule has 3 rings (SSSR count). The van der Waals surface area contributed by atoms with Crippen molar-refractivity contribution in [2.75, 3.05) is 18.8 Å². The molecule has 0 spiro atoms. The van der Waals surface area contributed by atoms with Gasteiger partial charge in [0.1, 0.15) is 6.04 Å². The second-order valence-corrected chi connectivity index (χ2v) is 9.28. The maximum atomic E-state index is 13.1. The van der Waals surface area contributed by atoms with E-state index in [2.05, 4.69) is 0 Å². The predicted octanol–water partition coefficient (Wildman–Crippen LogP) is 1.86. The molecular formula is C19H26N2O5S. The smallest absolute Gasteiger partial charge is 0.335 e. The molecule has 8 heteroatoms. The third kappa shape index (κ3) is 4.16. The lowest BCUT2D eigenvalue weighted by Gasteiger charge is -2.33. The molecule has 27 heavy (non-hydrogen) atoms. The van der Waals surface area contributed by atoms with Crippen LogP contribution in [0.2, 0.25) is 0 Å². The van der Waals surface area contributed by atoms with Crippen LogP contribution in [0.3, 0.4) is 0 Å². The Labute approximate surface area is 160 Å². The number of carboxylic acid groups (broad SMARTS) is 1. The van der Waals surface area contributed by atoms with Gasteiger partial charge in [-0.1, -0.05) is 19.4 Å². The summed E-state index contributed by atoms with van der Waals surface area (Å²) in [6.07, 6.45) is 3.27. The van der Waals surface area contributed by atoms with Crippen LogP contribution >= 0.6 is 0 Å². The molecule has 0 aliphatic carbocycles. The van der Waals surface area contributed by atoms with Crippen molar-refractivity contribution in [2.24, 2.45) is 0 Å². The van der Waals surface area contributed by atoms with Crippen molar-refractivity contribution in [2.45, 2.75) is 51.6 Å². The first-order valence-electron chi connectivity index (χ1n) is 9.47. The third-order valence-corrected chi connectivity index (χ3v) is 7.34. The average molecular weight is 394 g/mol. The summed E-state index contributed by atoms with van der Waals surface area (Å²) in [5.41, 5.74) is 2.07. The van der Waals surface area contributed by atoms with Crippen molar-refractivity contribution >= 4 is 21.9 Å². The number of unbranched alkanes of at least 4 members (excludes halogenated alkanes) is 1. The molecule has 0 aromatic heterocycles. The number of carbonyl (C=O) groups is 2. The lowest BCUT2D eigenvalue weighted by molar-refractivity contribution is -0.135. The normalized spacial score (nSPS) is 20.5. The molecule has 2 aliphatic heterocycles. The molecule has 0 saturated carbocycles. The number of benzene rings is 1. The molecule has 1 fully saturated rings. The largest absolute Gasteiger partial charge is 0.478 e. The lowest BCUT2D eigenvalue weighted by atomic mass is 9.97. The van der Waals surface area contributed by atoms with E-state index in [-0.39, 0.29) is 17.2 Å². The Bertz CT molecular complexity index is 837. The molecule has 1 amide bonds. The summed E-state index contributed by atoms with van der Waals surface area (Å²) in [6.45, 7) is 3.20. The Hall–Kier alpha value is -1.93. The second kappa shape index (κ2) is 7.98. The average Bonchev–Trinajstić information content (AvgIpc) is 3.15. The van der Waals surface area contributed by atoms with E-state index in [1.54, 1.807) is 23.1 Å². The highest BCUT2D eigenvalue weighted by Crippen LogP contribution is 2.27. The fourth-order valence-corrected chi connectivity index (χ4v) is 5.73. The fraction of sp³-hybridized carbons (Fsp3) is 0.579. The highest BCUT2D eigenvalue weighted by Gasteiger charge is 2.40. The number of hydrogen-bond acceptors (Lipinski definition) is 4. The van der Waals surface area contributed by atoms with Gasteiger partial charge < -0.3 is 10.0 Å². The summed E-state index contributed by atoms with van der Waals surface area (Å²) >= 11 is 0. The van der Waals surface area contributed by atoms with Gasteiger partial charge in [0, 0.05) is 19.6 Å². The zero-order valence-electron chi connectivity index (χ0n) is 15.6. The van der Waals surface area contributed by atoms with Crippen LogP contribution in [0.15, 0.2) is 18.2 Å². The zero-order valence-corrected chi connectivity index (χ0v) is 16.4. The monoisotopic (exact) mass is 394 g/mol. The van der Waals surface area contributed by atoms with E-state index >= 15 is 0 Å². The van der Waals surface area contributed by atoms with Crippen molar-refractivity contribution in [1.82, 2.24) is 9.21 Å². The Kier molecular flexibility index (Phi) is 5.86. The van der Waals surface area contributed by atoms with Gasteiger partial charge in [-0.2, -0.15) is 4.31 Å². The van der Waals surface area contributed by atoms with E-state index in [4.69, 9.17) is 0 Å². The van der Waals surface area contributed by atoms with Crippen molar-refractivity contribution < 1.29 is 23.1 Å². The zero-order chi connectivity index (χ0) is 19.6. The molecule has 1 atom stereocenters. The van der Waals surface area contributed by atoms with E-state index < -0.39 is 22.0 Å². The molecule has 7 nitrogen and oxygen atoms in total. The maximum Gasteiger partial charge on any atom is 0.335 e. The Balaban J connectivity index is 1.76. The van der Waals surface area contributed by atoms with E-state index in [0.717, 1.165) is 17.5 Å². The molecule has 148 valence electrons. The van der Waals surface area contributed by atoms with Crippen molar-refractivity contribution in [3.8, 4) is 0 Å². The SMILES string of the molecule is CCCCS(=O)(=O)N1CCCC1C(=O)N1CCc2ccc(C(=O)O)cc2C1. The first-order chi connectivity index (χ1) is 12.8. The molecular weight excluding hydrogens is 368 g/mol. The van der Waals surface area contributed by atoms with Gasteiger partial charge in [-0.15, -0.1) is 0 Å². The van der Waals surface area contributed by atoms with E-state index in [1.165, 1.54) is 4.31 Å². The molecule has 1 N–H and O–H groups in total. The number of carboxylic acids is 1. The number of aromatic carboxylic acids is 1. The van der Waals surface area contributed by atoms with Gasteiger partial charge in [0.2, 0.25) is 15.9 Å². The van der Waals surface area contributed by atoms with E-state index in [1.807, 2.05) is 6.92 Å². The summed E-state index contributed by atoms with van der Waals surface area (Å²) in [5, 5.41) is 9.18. The number of carbonyl (C=O) groups excluding carboxylic acids is 1. The van der Waals surface area contributed by atoms with Crippen LogP contribution in [-0.4, -0.2) is 59.5 Å². The number of sulfonamides is 1. The summed E-state index contributed by atoms with van der Waals surface area (Å²) in [4.78, 5) is 25.9. The summed E-state index contributed by atoms with van der Waals surface area (Å²) in [7, 11) is -3.43. The van der Waals surface area contributed by atoms with Crippen LogP contribution in [0.25, 0.3) is 0 Å². The first kappa shape index (κ1) is 19.8. The molecule has 1 aromatic rings. The predicted molar refractivity (Wildman–Crippen MR) is 101 cm³/mol. The summed E-state index contributed by atoms with van der Waals surface area (Å²) < 4.78 is 26.6. The lowest BCUT2D eigenvalue weighted by Crippen LogP contribution is -2.49. The topological polar surface area (TPSA) is 95.0 Å². The first-order valence-corrected chi connectivity index (χ1v) is 11.1. The Morgan fingerprint density at radius 1 is 1.22 bits per heavy atom. The molecule has 2 heterocycles. The van der Waals surface area contributed by atoms with Crippen LogP contribution < -0.4 is 0 Å². The minimum Gasteiger partial charge on any atom is -0.478 e. The van der Waals surface area contributed by atoms with Gasteiger partial charge in [0.05, 0.1) is 11.3 Å². The highest BCUT2D eigenvalue weighted by atomic mass is 32.2. The number of fused-ring (bicyclic) bond motifs is 1. The van der Waals surface area contributed by atoms with Gasteiger partial charge in [-0.05, 0) is 48.9 Å². The molecule has 0 bridgehead atoms. The van der Waals surface area contributed by atoms with Crippen molar-refractivity contribution in [1.29, 1.82) is 0 Å². The number of rotatable bonds is 6. The second-order valence-electron chi connectivity index (χ2n) is 7.24. The van der Waals surface area contributed by atoms with Crippen LogP contribution in [0, 0.1) is 0 Å². The van der Waals surface area contributed by atoms with Crippen LogP contribution in [-0.2, 0) is 27.8 Å². The third-order valence-electron chi connectivity index (χ3n) is 5.38. The van der Waals surface area contributed by atoms with Gasteiger partial charge in [0.15, 0.2) is 0 Å². The molecule has 0 radical (unpaired) electrons. The highest BCUT2D eigenvalue weighted by molar-refractivity contribution is 7.89. The maximum absolute atomic E-state index is 13.1. The van der Waals surface area contributed by atoms with E-state index in [0.29, 0.717) is 45.3 Å². The summed E-state index contributed by atoms with van der Waals surface area (Å²) in [5.74, 6) is -1.08. The quantitative estimate of drug-likeness (QED) is 0.795. The van der Waals surface area contributed by atoms with Crippen LogP contribution in [0.4, 0.5) is 0 Å². The van der Waals surface area contributed by atoms with Crippen molar-refractivity contribution in [3.05, 3.63) is 34.9 Å². The van der Waals surface area contributed by atoms with Gasteiger partial charge in [0.25, 0.3) is 0 Å². The van der Waals surface area contributed by atoms with Crippen LogP contribution in [0.5, 0.6) is 0 Å². The van der Waals surface area contributed by atoms with Gasteiger partial charge in [-0.3, -0.25) is 4.79 Å². The number of amides is 1. The molecule has 1 aromatic carbocycles. The van der Waals surface area contributed by atoms with E-state index in [9.17, 15) is 23.1 Å². The standard InChI is InChI=1S/C19H26N2O5S/c1-2-3-11-27(25,26)21-9-4-5-17(21)18(22)20-10-8-14-6-7-15(19(23)24)12-16(14)13-20/h6-7,12,17H,2-5,8-11,13H2,1H3,(H,23,24). The van der Waals surface area contributed by atoms with Crippen molar-refractivity contribution in [3.63, 3.8) is 0 Å². The van der Waals surface area contributed by atoms with Gasteiger partial charge >= 0.3 is 5.97 Å². The Morgan fingerprint density at radius 2 is 2.00 bits per heavy atom.